The average Bonchev–Trinajstić information content (AvgIpc) is 2.39. The van der Waals surface area contributed by atoms with Crippen LogP contribution < -0.4 is 15.8 Å². The Balaban J connectivity index is 2.63. The Kier molecular flexibility index (Phi) is 6.52. The van der Waals surface area contributed by atoms with E-state index >= 15 is 0 Å². The molecule has 0 aliphatic heterocycles. The summed E-state index contributed by atoms with van der Waals surface area (Å²) >= 11 is 1.54. The van der Waals surface area contributed by atoms with Gasteiger partial charge in [0, 0.05) is 18.6 Å². The molecule has 0 aliphatic carbocycles. The molecule has 6 heteroatoms. The van der Waals surface area contributed by atoms with Crippen LogP contribution in [0.3, 0.4) is 0 Å². The number of amides is 1. The molecule has 0 fully saturated rings. The summed E-state index contributed by atoms with van der Waals surface area (Å²) in [4.78, 5) is 12.0. The molecule has 1 amide bonds. The smallest absolute Gasteiger partial charge is 0.237 e. The highest BCUT2D eigenvalue weighted by atomic mass is 32.2. The third kappa shape index (κ3) is 5.00. The molecule has 0 spiro atoms. The second-order valence-corrected chi connectivity index (χ2v) is 5.40. The molecule has 0 radical (unpaired) electrons. The summed E-state index contributed by atoms with van der Waals surface area (Å²) in [6.07, 6.45) is 0. The van der Waals surface area contributed by atoms with E-state index in [4.69, 9.17) is 15.2 Å². The third-order valence-corrected chi connectivity index (χ3v) is 3.62. The molecular weight excluding hydrogens is 264 g/mol. The highest BCUT2D eigenvalue weighted by Crippen LogP contribution is 2.27. The predicted octanol–water partition coefficient (Wildman–Crippen LogP) is 1.98. The van der Waals surface area contributed by atoms with Gasteiger partial charge in [0.25, 0.3) is 0 Å². The molecule has 0 saturated carbocycles. The highest BCUT2D eigenvalue weighted by Gasteiger charge is 2.15. The molecule has 19 heavy (non-hydrogen) atoms. The molecule has 1 rings (SSSR count). The van der Waals surface area contributed by atoms with Crippen molar-refractivity contribution >= 4 is 29.0 Å². The van der Waals surface area contributed by atoms with Crippen LogP contribution in [0.15, 0.2) is 18.2 Å². The number of nitrogen functional groups attached to an aromatic ring is 1. The molecule has 1 atom stereocenters. The van der Waals surface area contributed by atoms with Gasteiger partial charge in [-0.05, 0) is 25.1 Å². The Bertz CT molecular complexity index is 426. The van der Waals surface area contributed by atoms with Crippen molar-refractivity contribution in [2.75, 3.05) is 37.6 Å². The predicted molar refractivity (Wildman–Crippen MR) is 79.8 cm³/mol. The fourth-order valence-electron chi connectivity index (χ4n) is 1.44. The van der Waals surface area contributed by atoms with Crippen molar-refractivity contribution in [3.63, 3.8) is 0 Å². The second kappa shape index (κ2) is 7.91. The van der Waals surface area contributed by atoms with Crippen LogP contribution in [0.4, 0.5) is 11.4 Å². The number of nitrogens with two attached hydrogens (primary N) is 1. The van der Waals surface area contributed by atoms with Gasteiger partial charge in [-0.25, -0.2) is 0 Å². The number of hydrogen-bond donors (Lipinski definition) is 2. The molecule has 1 aromatic rings. The molecular formula is C13H20N2O3S. The van der Waals surface area contributed by atoms with Crippen LogP contribution in [0.5, 0.6) is 5.75 Å². The number of ether oxygens (including phenoxy) is 2. The van der Waals surface area contributed by atoms with E-state index in [1.54, 1.807) is 32.4 Å². The number of benzene rings is 1. The number of rotatable bonds is 7. The van der Waals surface area contributed by atoms with Gasteiger partial charge in [-0.3, -0.25) is 4.79 Å². The number of nitrogens with one attached hydrogen (secondary N) is 1. The number of thioether (sulfide) groups is 1. The van der Waals surface area contributed by atoms with Crippen LogP contribution in [0, 0.1) is 0 Å². The lowest BCUT2D eigenvalue weighted by Gasteiger charge is -2.14. The Morgan fingerprint density at radius 1 is 1.47 bits per heavy atom. The maximum absolute atomic E-state index is 12.0. The Hall–Kier alpha value is -1.40. The number of carbonyl (C=O) groups is 1. The molecule has 3 N–H and O–H groups in total. The van der Waals surface area contributed by atoms with E-state index in [1.165, 1.54) is 11.8 Å². The van der Waals surface area contributed by atoms with Crippen molar-refractivity contribution in [2.24, 2.45) is 0 Å². The molecule has 5 nitrogen and oxygen atoms in total. The molecule has 0 aromatic heterocycles. The van der Waals surface area contributed by atoms with E-state index in [1.807, 2.05) is 6.92 Å². The monoisotopic (exact) mass is 284 g/mol. The largest absolute Gasteiger partial charge is 0.495 e. The third-order valence-electron chi connectivity index (χ3n) is 2.51. The van der Waals surface area contributed by atoms with E-state index in [0.29, 0.717) is 23.7 Å². The van der Waals surface area contributed by atoms with Gasteiger partial charge in [-0.1, -0.05) is 0 Å². The van der Waals surface area contributed by atoms with Crippen LogP contribution >= 0.6 is 11.8 Å². The van der Waals surface area contributed by atoms with Crippen LogP contribution in [-0.4, -0.2) is 37.7 Å². The van der Waals surface area contributed by atoms with Crippen molar-refractivity contribution in [1.82, 2.24) is 0 Å². The maximum atomic E-state index is 12.0. The van der Waals surface area contributed by atoms with Gasteiger partial charge >= 0.3 is 0 Å². The van der Waals surface area contributed by atoms with Crippen LogP contribution in [0.2, 0.25) is 0 Å². The Labute approximate surface area is 117 Å². The summed E-state index contributed by atoms with van der Waals surface area (Å²) < 4.78 is 10.1. The summed E-state index contributed by atoms with van der Waals surface area (Å²) in [6.45, 7) is 2.48. The Morgan fingerprint density at radius 3 is 2.84 bits per heavy atom. The van der Waals surface area contributed by atoms with Gasteiger partial charge < -0.3 is 20.5 Å². The van der Waals surface area contributed by atoms with Crippen molar-refractivity contribution in [2.45, 2.75) is 12.2 Å². The summed E-state index contributed by atoms with van der Waals surface area (Å²) in [5, 5.41) is 2.66. The minimum Gasteiger partial charge on any atom is -0.495 e. The van der Waals surface area contributed by atoms with Gasteiger partial charge in [0.05, 0.1) is 24.7 Å². The molecule has 1 aromatic carbocycles. The van der Waals surface area contributed by atoms with E-state index in [9.17, 15) is 4.79 Å². The SMILES string of the molecule is COCCSC(C)C(=O)Nc1cc(N)ccc1OC. The molecule has 0 bridgehead atoms. The first-order chi connectivity index (χ1) is 9.08. The summed E-state index contributed by atoms with van der Waals surface area (Å²) in [5.74, 6) is 1.29. The minimum atomic E-state index is -0.165. The quantitative estimate of drug-likeness (QED) is 0.591. The first-order valence-corrected chi connectivity index (χ1v) is 6.98. The first-order valence-electron chi connectivity index (χ1n) is 5.93. The standard InChI is InChI=1S/C13H20N2O3S/c1-9(19-7-6-17-2)13(16)15-11-8-10(14)4-5-12(11)18-3/h4-5,8-9H,6-7,14H2,1-3H3,(H,15,16). The topological polar surface area (TPSA) is 73.6 Å². The summed E-state index contributed by atoms with van der Waals surface area (Å²) in [5.41, 5.74) is 6.87. The lowest BCUT2D eigenvalue weighted by Crippen LogP contribution is -2.23. The van der Waals surface area contributed by atoms with Crippen molar-refractivity contribution < 1.29 is 14.3 Å². The normalized spacial score (nSPS) is 11.9. The van der Waals surface area contributed by atoms with Crippen LogP contribution in [0.25, 0.3) is 0 Å². The summed E-state index contributed by atoms with van der Waals surface area (Å²) in [6, 6.07) is 5.14. The lowest BCUT2D eigenvalue weighted by molar-refractivity contribution is -0.115. The first kappa shape index (κ1) is 15.7. The highest BCUT2D eigenvalue weighted by molar-refractivity contribution is 8.00. The van der Waals surface area contributed by atoms with E-state index in [-0.39, 0.29) is 11.2 Å². The van der Waals surface area contributed by atoms with Crippen molar-refractivity contribution in [3.8, 4) is 5.75 Å². The fraction of sp³-hybridized carbons (Fsp3) is 0.462. The van der Waals surface area contributed by atoms with E-state index < -0.39 is 0 Å². The van der Waals surface area contributed by atoms with Crippen LogP contribution in [-0.2, 0) is 9.53 Å². The van der Waals surface area contributed by atoms with Gasteiger partial charge in [-0.2, -0.15) is 0 Å². The number of carbonyl (C=O) groups excluding carboxylic acids is 1. The number of anilines is 2. The zero-order valence-electron chi connectivity index (χ0n) is 11.4. The van der Waals surface area contributed by atoms with Crippen LogP contribution in [0.1, 0.15) is 6.92 Å². The van der Waals surface area contributed by atoms with Crippen molar-refractivity contribution in [1.29, 1.82) is 0 Å². The average molecular weight is 284 g/mol. The van der Waals surface area contributed by atoms with Gasteiger partial charge in [0.2, 0.25) is 5.91 Å². The van der Waals surface area contributed by atoms with Crippen molar-refractivity contribution in [3.05, 3.63) is 18.2 Å². The Morgan fingerprint density at radius 2 is 2.21 bits per heavy atom. The lowest BCUT2D eigenvalue weighted by atomic mass is 10.2. The van der Waals surface area contributed by atoms with E-state index in [0.717, 1.165) is 5.75 Å². The maximum Gasteiger partial charge on any atom is 0.237 e. The second-order valence-electron chi connectivity index (χ2n) is 3.95. The van der Waals surface area contributed by atoms with Gasteiger partial charge in [-0.15, -0.1) is 11.8 Å². The molecule has 0 saturated heterocycles. The van der Waals surface area contributed by atoms with Gasteiger partial charge in [0.1, 0.15) is 5.75 Å². The zero-order chi connectivity index (χ0) is 14.3. The van der Waals surface area contributed by atoms with Gasteiger partial charge in [0.15, 0.2) is 0 Å². The molecule has 0 aliphatic rings. The molecule has 106 valence electrons. The number of methoxy groups -OCH3 is 2. The molecule has 1 unspecified atom stereocenters. The molecule has 0 heterocycles. The zero-order valence-corrected chi connectivity index (χ0v) is 12.3. The summed E-state index contributed by atoms with van der Waals surface area (Å²) in [7, 11) is 3.20. The number of hydrogen-bond acceptors (Lipinski definition) is 5. The minimum absolute atomic E-state index is 0.0787. The fourth-order valence-corrected chi connectivity index (χ4v) is 2.27. The van der Waals surface area contributed by atoms with E-state index in [2.05, 4.69) is 5.32 Å².